The van der Waals surface area contributed by atoms with E-state index in [2.05, 4.69) is 123 Å². The molecule has 0 rings (SSSR count). The van der Waals surface area contributed by atoms with Gasteiger partial charge in [-0.2, -0.15) is 0 Å². The maximum atomic E-state index is 12.9. The van der Waals surface area contributed by atoms with Crippen molar-refractivity contribution in [1.29, 1.82) is 0 Å². The van der Waals surface area contributed by atoms with Gasteiger partial charge >= 0.3 is 17.9 Å². The molecular formula is C68H116NO8+. The molecule has 0 aromatic rings. The summed E-state index contributed by atoms with van der Waals surface area (Å²) in [4.78, 5) is 37.4. The molecule has 0 radical (unpaired) electrons. The average molecular weight is 1080 g/mol. The van der Waals surface area contributed by atoms with Crippen LogP contribution in [-0.2, 0) is 33.3 Å². The normalized spacial score (nSPS) is 13.5. The Bertz CT molecular complexity index is 1630. The molecular weight excluding hydrogens is 959 g/mol. The van der Waals surface area contributed by atoms with Gasteiger partial charge in [0.1, 0.15) is 13.2 Å². The highest BCUT2D eigenvalue weighted by Gasteiger charge is 2.25. The van der Waals surface area contributed by atoms with Gasteiger partial charge in [-0.15, -0.1) is 0 Å². The molecule has 0 amide bonds. The molecule has 2 unspecified atom stereocenters. The Morgan fingerprint density at radius 1 is 0.390 bits per heavy atom. The zero-order chi connectivity index (χ0) is 56.2. The lowest BCUT2D eigenvalue weighted by atomic mass is 10.0. The molecule has 9 heteroatoms. The van der Waals surface area contributed by atoms with Gasteiger partial charge in [0.25, 0.3) is 6.29 Å². The highest BCUT2D eigenvalue weighted by Crippen LogP contribution is 2.17. The van der Waals surface area contributed by atoms with Crippen LogP contribution in [-0.4, -0.2) is 87.4 Å². The number of carboxylic acid groups (broad SMARTS) is 1. The van der Waals surface area contributed by atoms with E-state index in [9.17, 15) is 19.5 Å². The van der Waals surface area contributed by atoms with Gasteiger partial charge in [0.05, 0.1) is 34.4 Å². The maximum absolute atomic E-state index is 12.9. The molecule has 440 valence electrons. The van der Waals surface area contributed by atoms with E-state index < -0.39 is 24.3 Å². The van der Waals surface area contributed by atoms with Gasteiger partial charge in [-0.1, -0.05) is 245 Å². The molecule has 0 aliphatic carbocycles. The molecule has 0 heterocycles. The van der Waals surface area contributed by atoms with Crippen LogP contribution in [0.4, 0.5) is 0 Å². The minimum Gasteiger partial charge on any atom is -0.477 e. The fourth-order valence-corrected chi connectivity index (χ4v) is 8.33. The van der Waals surface area contributed by atoms with E-state index in [0.717, 1.165) is 83.5 Å². The Morgan fingerprint density at radius 3 is 1.06 bits per heavy atom. The van der Waals surface area contributed by atoms with E-state index in [1.54, 1.807) is 0 Å². The molecule has 77 heavy (non-hydrogen) atoms. The third-order valence-corrected chi connectivity index (χ3v) is 13.0. The van der Waals surface area contributed by atoms with Crippen LogP contribution < -0.4 is 0 Å². The van der Waals surface area contributed by atoms with Gasteiger partial charge < -0.3 is 28.5 Å². The molecule has 0 fully saturated rings. The lowest BCUT2D eigenvalue weighted by Crippen LogP contribution is -2.40. The first kappa shape index (κ1) is 73.0. The summed E-state index contributed by atoms with van der Waals surface area (Å²) in [5.41, 5.74) is 0. The topological polar surface area (TPSA) is 108 Å². The number of hydrogen-bond donors (Lipinski definition) is 1. The summed E-state index contributed by atoms with van der Waals surface area (Å²) in [6.07, 6.45) is 77.8. The van der Waals surface area contributed by atoms with Crippen LogP contribution in [0.25, 0.3) is 0 Å². The van der Waals surface area contributed by atoms with Crippen LogP contribution >= 0.6 is 0 Å². The first-order chi connectivity index (χ1) is 37.6. The SMILES string of the molecule is CC/C=C\C/C=C\C/C=C\C/C=C\C/C=C\CCCCCCCCCCCCCCCCCCCCCCCC(=O)OC(COC(=O)CCCC/C=C\C/C=C\C/C=C\C/C=C\CC)COC(OCC[N+](C)(C)C)C(=O)O. The van der Waals surface area contributed by atoms with E-state index in [0.29, 0.717) is 23.9 Å². The monoisotopic (exact) mass is 1070 g/mol. The Labute approximate surface area is 473 Å². The van der Waals surface area contributed by atoms with Crippen molar-refractivity contribution in [3.8, 4) is 0 Å². The molecule has 9 nitrogen and oxygen atoms in total. The largest absolute Gasteiger partial charge is 0.477 e. The number of unbranched alkanes of at least 4 members (excludes halogenated alkanes) is 23. The quantitative estimate of drug-likeness (QED) is 0.0211. The highest BCUT2D eigenvalue weighted by atomic mass is 16.7. The van der Waals surface area contributed by atoms with Crippen LogP contribution in [0.1, 0.15) is 245 Å². The summed E-state index contributed by atoms with van der Waals surface area (Å²) in [7, 11) is 5.95. The summed E-state index contributed by atoms with van der Waals surface area (Å²) < 4.78 is 22.8. The zero-order valence-electron chi connectivity index (χ0n) is 50.1. The number of nitrogens with zero attached hydrogens (tertiary/aromatic N) is 1. The third kappa shape index (κ3) is 59.5. The van der Waals surface area contributed by atoms with E-state index in [1.165, 1.54) is 122 Å². The lowest BCUT2D eigenvalue weighted by molar-refractivity contribution is -0.870. The summed E-state index contributed by atoms with van der Waals surface area (Å²) in [6.45, 7) is 4.60. The van der Waals surface area contributed by atoms with Gasteiger partial charge in [-0.3, -0.25) is 9.59 Å². The van der Waals surface area contributed by atoms with Crippen molar-refractivity contribution in [3.63, 3.8) is 0 Å². The molecule has 0 aromatic carbocycles. The maximum Gasteiger partial charge on any atom is 0.361 e. The van der Waals surface area contributed by atoms with Crippen LogP contribution in [0.15, 0.2) is 109 Å². The van der Waals surface area contributed by atoms with Gasteiger partial charge in [0.2, 0.25) is 0 Å². The first-order valence-electron chi connectivity index (χ1n) is 31.1. The predicted molar refractivity (Wildman–Crippen MR) is 327 cm³/mol. The standard InChI is InChI=1S/C68H115NO8/c1-6-8-10-12-14-16-18-20-22-23-24-25-26-27-28-29-30-31-32-33-34-35-36-37-38-39-40-41-42-43-45-47-49-51-53-55-57-59-66(71)77-64(63-76-68(67(72)73)74-61-60-69(3,4)5)62-75-65(70)58-56-54-52-50-48-46-44-21-19-17-15-13-11-9-7-2/h8-11,14-17,20-22,24-25,27-28,44,48,50,64,68H,6-7,12-13,18-19,23,26,29-43,45-47,49,51-63H2,1-5H3/p+1/b10-8-,11-9-,16-14-,17-15-,22-20-,25-24-,28-27-,44-21-,50-48-. The van der Waals surface area contributed by atoms with Crippen molar-refractivity contribution >= 4 is 17.9 Å². The molecule has 0 saturated heterocycles. The summed E-state index contributed by atoms with van der Waals surface area (Å²) in [6, 6.07) is 0. The average Bonchev–Trinajstić information content (AvgIpc) is 3.40. The second-order valence-electron chi connectivity index (χ2n) is 21.6. The minimum atomic E-state index is -1.52. The number of ether oxygens (including phenoxy) is 4. The Balaban J connectivity index is 4.06. The van der Waals surface area contributed by atoms with Crippen LogP contribution in [0.5, 0.6) is 0 Å². The number of aliphatic carboxylic acids is 1. The molecule has 0 saturated carbocycles. The van der Waals surface area contributed by atoms with Crippen molar-refractivity contribution in [3.05, 3.63) is 109 Å². The fraction of sp³-hybridized carbons (Fsp3) is 0.691. The van der Waals surface area contributed by atoms with Gasteiger partial charge in [-0.25, -0.2) is 4.79 Å². The minimum absolute atomic E-state index is 0.178. The van der Waals surface area contributed by atoms with Crippen molar-refractivity contribution in [2.45, 2.75) is 257 Å². The Hall–Kier alpha value is -4.05. The number of carbonyl (C=O) groups excluding carboxylic acids is 2. The third-order valence-electron chi connectivity index (χ3n) is 13.0. The van der Waals surface area contributed by atoms with Gasteiger partial charge in [0, 0.05) is 12.8 Å². The number of esters is 2. The van der Waals surface area contributed by atoms with Crippen LogP contribution in [0.2, 0.25) is 0 Å². The van der Waals surface area contributed by atoms with Crippen molar-refractivity contribution < 1.29 is 42.9 Å². The van der Waals surface area contributed by atoms with Crippen LogP contribution in [0.3, 0.4) is 0 Å². The number of quaternary nitrogens is 1. The Morgan fingerprint density at radius 2 is 0.701 bits per heavy atom. The summed E-state index contributed by atoms with van der Waals surface area (Å²) in [5.74, 6) is -2.06. The summed E-state index contributed by atoms with van der Waals surface area (Å²) >= 11 is 0. The number of allylic oxidation sites excluding steroid dienone is 18. The molecule has 0 bridgehead atoms. The molecule has 0 aliphatic rings. The molecule has 0 aromatic heterocycles. The Kier molecular flexibility index (Phi) is 55.1. The van der Waals surface area contributed by atoms with E-state index in [-0.39, 0.29) is 38.6 Å². The molecule has 0 aliphatic heterocycles. The van der Waals surface area contributed by atoms with Crippen LogP contribution in [0, 0.1) is 0 Å². The summed E-state index contributed by atoms with van der Waals surface area (Å²) in [5, 5.41) is 9.70. The number of carboxylic acids is 1. The number of carbonyl (C=O) groups is 3. The smallest absolute Gasteiger partial charge is 0.361 e. The lowest BCUT2D eigenvalue weighted by Gasteiger charge is -2.25. The number of rotatable bonds is 56. The van der Waals surface area contributed by atoms with Crippen molar-refractivity contribution in [2.75, 3.05) is 47.5 Å². The second-order valence-corrected chi connectivity index (χ2v) is 21.6. The van der Waals surface area contributed by atoms with Gasteiger partial charge in [-0.05, 0) is 96.3 Å². The first-order valence-corrected chi connectivity index (χ1v) is 31.1. The van der Waals surface area contributed by atoms with Crippen molar-refractivity contribution in [2.24, 2.45) is 0 Å². The highest BCUT2D eigenvalue weighted by molar-refractivity contribution is 5.71. The van der Waals surface area contributed by atoms with Crippen molar-refractivity contribution in [1.82, 2.24) is 0 Å². The van der Waals surface area contributed by atoms with Gasteiger partial charge in [0.15, 0.2) is 6.10 Å². The fourth-order valence-electron chi connectivity index (χ4n) is 8.33. The van der Waals surface area contributed by atoms with E-state index >= 15 is 0 Å². The molecule has 1 N–H and O–H groups in total. The second kappa shape index (κ2) is 58.1. The number of likely N-dealkylation sites (N-methyl/N-ethyl adjacent to an activating group) is 1. The predicted octanol–water partition coefficient (Wildman–Crippen LogP) is 18.7. The van der Waals surface area contributed by atoms with E-state index in [4.69, 9.17) is 18.9 Å². The van der Waals surface area contributed by atoms with E-state index in [1.807, 2.05) is 21.1 Å². The zero-order valence-corrected chi connectivity index (χ0v) is 50.1. The molecule has 2 atom stereocenters. The number of hydrogen-bond acceptors (Lipinski definition) is 7. The molecule has 0 spiro atoms.